The summed E-state index contributed by atoms with van der Waals surface area (Å²) in [6.45, 7) is 1.85. The first-order valence-corrected chi connectivity index (χ1v) is 8.74. The number of amides is 1. The van der Waals surface area contributed by atoms with E-state index in [9.17, 15) is 9.90 Å². The Morgan fingerprint density at radius 3 is 2.15 bits per heavy atom. The van der Waals surface area contributed by atoms with Crippen molar-refractivity contribution in [2.45, 2.75) is 25.4 Å². The lowest BCUT2D eigenvalue weighted by molar-refractivity contribution is 0.0478. The van der Waals surface area contributed by atoms with E-state index >= 15 is 0 Å². The summed E-state index contributed by atoms with van der Waals surface area (Å²) in [6.07, 6.45) is 1.26. The lowest BCUT2D eigenvalue weighted by Crippen LogP contribution is -2.41. The average Bonchev–Trinajstić information content (AvgIpc) is 2.70. The molecule has 27 heavy (non-hydrogen) atoms. The first-order chi connectivity index (χ1) is 12.9. The second-order valence-electron chi connectivity index (χ2n) is 6.58. The molecule has 2 rings (SSSR count). The Morgan fingerprint density at radius 1 is 1.04 bits per heavy atom. The smallest absolute Gasteiger partial charge is 0.251 e. The van der Waals surface area contributed by atoms with Crippen molar-refractivity contribution >= 4 is 5.91 Å². The molecular weight excluding hydrogens is 346 g/mol. The van der Waals surface area contributed by atoms with Crippen LogP contribution in [0.4, 0.5) is 0 Å². The van der Waals surface area contributed by atoms with Crippen LogP contribution in [0.2, 0.25) is 0 Å². The number of carbonyl (C=O) groups is 1. The molecule has 6 heteroatoms. The fraction of sp³-hybridized carbons (Fsp3) is 0.381. The molecule has 146 valence electrons. The number of hydrogen-bond acceptors (Lipinski definition) is 5. The Bertz CT molecular complexity index is 733. The minimum Gasteiger partial charge on any atom is -0.493 e. The zero-order chi connectivity index (χ0) is 19.9. The van der Waals surface area contributed by atoms with Crippen LogP contribution < -0.4 is 19.5 Å². The minimum atomic E-state index is -1.02. The highest BCUT2D eigenvalue weighted by atomic mass is 16.5. The summed E-state index contributed by atoms with van der Waals surface area (Å²) in [5.41, 5.74) is 0.490. The maximum atomic E-state index is 12.5. The Balaban J connectivity index is 2.01. The number of aryl methyl sites for hydroxylation is 1. The summed E-state index contributed by atoms with van der Waals surface area (Å²) in [6, 6.07) is 13.1. The van der Waals surface area contributed by atoms with Crippen molar-refractivity contribution in [2.75, 3.05) is 27.9 Å². The lowest BCUT2D eigenvalue weighted by atomic mass is 9.96. The average molecular weight is 373 g/mol. The number of ether oxygens (including phenoxy) is 3. The second-order valence-corrected chi connectivity index (χ2v) is 6.58. The van der Waals surface area contributed by atoms with Crippen molar-refractivity contribution in [3.8, 4) is 17.2 Å². The van der Waals surface area contributed by atoms with E-state index in [2.05, 4.69) is 5.32 Å². The van der Waals surface area contributed by atoms with Gasteiger partial charge in [-0.2, -0.15) is 0 Å². The molecule has 0 aliphatic carbocycles. The maximum Gasteiger partial charge on any atom is 0.251 e. The van der Waals surface area contributed by atoms with E-state index < -0.39 is 5.60 Å². The largest absolute Gasteiger partial charge is 0.493 e. The van der Waals surface area contributed by atoms with Gasteiger partial charge in [0.25, 0.3) is 5.91 Å². The van der Waals surface area contributed by atoms with Gasteiger partial charge in [0.2, 0.25) is 5.75 Å². The Kier molecular flexibility index (Phi) is 7.07. The molecule has 0 aliphatic heterocycles. The first kappa shape index (κ1) is 20.6. The van der Waals surface area contributed by atoms with Gasteiger partial charge in [-0.15, -0.1) is 0 Å². The standard InChI is InChI=1S/C21H27NO5/c1-21(24,11-10-15-8-6-5-7-9-15)14-22-20(23)16-12-17(25-2)19(27-4)18(13-16)26-3/h5-9,12-13,24H,10-11,14H2,1-4H3,(H,22,23). The summed E-state index contributed by atoms with van der Waals surface area (Å²) in [5.74, 6) is 0.899. The zero-order valence-corrected chi connectivity index (χ0v) is 16.2. The van der Waals surface area contributed by atoms with Gasteiger partial charge in [-0.1, -0.05) is 30.3 Å². The van der Waals surface area contributed by atoms with Crippen LogP contribution in [0.15, 0.2) is 42.5 Å². The molecule has 0 aromatic heterocycles. The highest BCUT2D eigenvalue weighted by Gasteiger charge is 2.23. The number of rotatable bonds is 9. The van der Waals surface area contributed by atoms with E-state index in [-0.39, 0.29) is 12.5 Å². The van der Waals surface area contributed by atoms with E-state index in [1.165, 1.54) is 21.3 Å². The third-order valence-electron chi connectivity index (χ3n) is 4.35. The second kappa shape index (κ2) is 9.28. The molecule has 6 nitrogen and oxygen atoms in total. The Labute approximate surface area is 160 Å². The van der Waals surface area contributed by atoms with Gasteiger partial charge < -0.3 is 24.6 Å². The SMILES string of the molecule is COc1cc(C(=O)NCC(C)(O)CCc2ccccc2)cc(OC)c1OC. The normalized spacial score (nSPS) is 12.8. The van der Waals surface area contributed by atoms with Crippen molar-refractivity contribution in [2.24, 2.45) is 0 Å². The van der Waals surface area contributed by atoms with Crippen LogP contribution in [0.5, 0.6) is 17.2 Å². The van der Waals surface area contributed by atoms with Crippen LogP contribution in [0.1, 0.15) is 29.3 Å². The molecule has 0 saturated carbocycles. The predicted molar refractivity (Wildman–Crippen MR) is 104 cm³/mol. The molecule has 0 radical (unpaired) electrons. The third kappa shape index (κ3) is 5.62. The van der Waals surface area contributed by atoms with Crippen molar-refractivity contribution in [1.82, 2.24) is 5.32 Å². The molecule has 0 saturated heterocycles. The Morgan fingerprint density at radius 2 is 1.63 bits per heavy atom. The molecule has 0 heterocycles. The van der Waals surface area contributed by atoms with Gasteiger partial charge >= 0.3 is 0 Å². The monoisotopic (exact) mass is 373 g/mol. The van der Waals surface area contributed by atoms with Gasteiger partial charge in [0, 0.05) is 12.1 Å². The summed E-state index contributed by atoms with van der Waals surface area (Å²) in [7, 11) is 4.49. The maximum absolute atomic E-state index is 12.5. The minimum absolute atomic E-state index is 0.134. The number of hydrogen-bond donors (Lipinski definition) is 2. The van der Waals surface area contributed by atoms with Crippen molar-refractivity contribution in [3.63, 3.8) is 0 Å². The van der Waals surface area contributed by atoms with Gasteiger partial charge in [-0.3, -0.25) is 4.79 Å². The molecule has 2 aromatic carbocycles. The fourth-order valence-electron chi connectivity index (χ4n) is 2.73. The van der Waals surface area contributed by atoms with Crippen LogP contribution in [0.25, 0.3) is 0 Å². The predicted octanol–water partition coefficient (Wildman–Crippen LogP) is 2.83. The molecular formula is C21H27NO5. The van der Waals surface area contributed by atoms with E-state index in [1.807, 2.05) is 30.3 Å². The van der Waals surface area contributed by atoms with Gasteiger partial charge in [0.1, 0.15) is 0 Å². The highest BCUT2D eigenvalue weighted by molar-refractivity contribution is 5.95. The first-order valence-electron chi connectivity index (χ1n) is 8.74. The van der Waals surface area contributed by atoms with E-state index in [0.717, 1.165) is 12.0 Å². The van der Waals surface area contributed by atoms with Gasteiger partial charge in [0.15, 0.2) is 11.5 Å². The summed E-state index contributed by atoms with van der Waals surface area (Å²) >= 11 is 0. The van der Waals surface area contributed by atoms with Crippen LogP contribution >= 0.6 is 0 Å². The quantitative estimate of drug-likeness (QED) is 0.707. The van der Waals surface area contributed by atoms with Crippen molar-refractivity contribution < 1.29 is 24.1 Å². The number of nitrogens with one attached hydrogen (secondary N) is 1. The molecule has 1 amide bonds. The molecule has 2 N–H and O–H groups in total. The molecule has 1 unspecified atom stereocenters. The molecule has 0 aliphatic rings. The molecule has 1 atom stereocenters. The third-order valence-corrected chi connectivity index (χ3v) is 4.35. The molecule has 0 spiro atoms. The topological polar surface area (TPSA) is 77.0 Å². The lowest BCUT2D eigenvalue weighted by Gasteiger charge is -2.24. The van der Waals surface area contributed by atoms with Crippen LogP contribution in [0, 0.1) is 0 Å². The Hall–Kier alpha value is -2.73. The fourth-order valence-corrected chi connectivity index (χ4v) is 2.73. The summed E-state index contributed by atoms with van der Waals surface area (Å²) in [5, 5.41) is 13.3. The highest BCUT2D eigenvalue weighted by Crippen LogP contribution is 2.38. The van der Waals surface area contributed by atoms with Crippen LogP contribution in [-0.4, -0.2) is 44.5 Å². The van der Waals surface area contributed by atoms with E-state index in [1.54, 1.807) is 19.1 Å². The van der Waals surface area contributed by atoms with E-state index in [0.29, 0.717) is 29.2 Å². The molecule has 0 fully saturated rings. The van der Waals surface area contributed by atoms with Crippen molar-refractivity contribution in [3.05, 3.63) is 53.6 Å². The van der Waals surface area contributed by atoms with Gasteiger partial charge in [-0.25, -0.2) is 0 Å². The number of benzene rings is 2. The molecule has 2 aromatic rings. The summed E-state index contributed by atoms with van der Waals surface area (Å²) < 4.78 is 15.8. The van der Waals surface area contributed by atoms with Gasteiger partial charge in [0.05, 0.1) is 26.9 Å². The van der Waals surface area contributed by atoms with Crippen LogP contribution in [0.3, 0.4) is 0 Å². The molecule has 0 bridgehead atoms. The zero-order valence-electron chi connectivity index (χ0n) is 16.2. The number of aliphatic hydroxyl groups is 1. The van der Waals surface area contributed by atoms with E-state index in [4.69, 9.17) is 14.2 Å². The van der Waals surface area contributed by atoms with Crippen molar-refractivity contribution in [1.29, 1.82) is 0 Å². The summed E-state index contributed by atoms with van der Waals surface area (Å²) in [4.78, 5) is 12.5. The van der Waals surface area contributed by atoms with Crippen LogP contribution in [-0.2, 0) is 6.42 Å². The van der Waals surface area contributed by atoms with Gasteiger partial charge in [-0.05, 0) is 37.5 Å². The number of methoxy groups -OCH3 is 3. The number of carbonyl (C=O) groups excluding carboxylic acids is 1.